The van der Waals surface area contributed by atoms with Crippen LogP contribution in [0, 0.1) is 17.0 Å². The number of nitro groups is 1. The van der Waals surface area contributed by atoms with Crippen LogP contribution >= 0.6 is 11.3 Å². The van der Waals surface area contributed by atoms with Gasteiger partial charge in [-0.1, -0.05) is 0 Å². The zero-order chi connectivity index (χ0) is 17.9. The SMILES string of the molecule is COc1cc(C)nc(NC(=O)NS(=O)(=O)c2cc([N+](=O)[O-])cs2)n1. The Balaban J connectivity index is 2.13. The van der Waals surface area contributed by atoms with E-state index in [1.165, 1.54) is 13.2 Å². The number of thiophene rings is 1. The lowest BCUT2D eigenvalue weighted by atomic mass is 10.4. The molecule has 2 amide bonds. The zero-order valence-corrected chi connectivity index (χ0v) is 14.0. The molecule has 0 atom stereocenters. The molecule has 0 spiro atoms. The van der Waals surface area contributed by atoms with Crippen LogP contribution in [0.25, 0.3) is 0 Å². The first-order chi connectivity index (χ1) is 11.2. The van der Waals surface area contributed by atoms with Crippen LogP contribution in [-0.4, -0.2) is 36.4 Å². The standard InChI is InChI=1S/C11H11N5O6S2/c1-6-3-8(22-2)13-10(12-6)14-11(17)15-24(20,21)9-4-7(5-23-9)16(18)19/h3-5H,1-2H3,(H2,12,13,14,15,17). The summed E-state index contributed by atoms with van der Waals surface area (Å²) in [4.78, 5) is 29.4. The maximum Gasteiger partial charge on any atom is 0.335 e. The molecule has 13 heteroatoms. The number of carbonyl (C=O) groups is 1. The number of ether oxygens (including phenoxy) is 1. The van der Waals surface area contributed by atoms with Gasteiger partial charge in [-0.2, -0.15) is 4.98 Å². The van der Waals surface area contributed by atoms with Crippen LogP contribution in [0.2, 0.25) is 0 Å². The van der Waals surface area contributed by atoms with Crippen molar-refractivity contribution in [2.75, 3.05) is 12.4 Å². The Morgan fingerprint density at radius 2 is 2.08 bits per heavy atom. The quantitative estimate of drug-likeness (QED) is 0.587. The molecule has 24 heavy (non-hydrogen) atoms. The van der Waals surface area contributed by atoms with E-state index in [0.29, 0.717) is 17.0 Å². The number of anilines is 1. The van der Waals surface area contributed by atoms with Crippen LogP contribution in [0.3, 0.4) is 0 Å². The molecular formula is C11H11N5O6S2. The second-order valence-corrected chi connectivity index (χ2v) is 7.14. The summed E-state index contributed by atoms with van der Waals surface area (Å²) in [5.41, 5.74) is 0.112. The number of methoxy groups -OCH3 is 1. The summed E-state index contributed by atoms with van der Waals surface area (Å²) in [5, 5.41) is 13.8. The van der Waals surface area contributed by atoms with Crippen molar-refractivity contribution in [2.24, 2.45) is 0 Å². The van der Waals surface area contributed by atoms with Crippen molar-refractivity contribution in [1.82, 2.24) is 14.7 Å². The van der Waals surface area contributed by atoms with Crippen LogP contribution in [0.15, 0.2) is 21.7 Å². The van der Waals surface area contributed by atoms with Crippen molar-refractivity contribution < 1.29 is 22.9 Å². The third-order valence-corrected chi connectivity index (χ3v) is 5.29. The number of urea groups is 1. The molecule has 0 aliphatic carbocycles. The fraction of sp³-hybridized carbons (Fsp3) is 0.182. The normalized spacial score (nSPS) is 10.9. The van der Waals surface area contributed by atoms with E-state index in [-0.39, 0.29) is 21.7 Å². The monoisotopic (exact) mass is 373 g/mol. The number of nitrogens with zero attached hydrogens (tertiary/aromatic N) is 3. The predicted molar refractivity (Wildman–Crippen MR) is 83.6 cm³/mol. The molecule has 0 saturated heterocycles. The molecule has 0 fully saturated rings. The predicted octanol–water partition coefficient (Wildman–Crippen LogP) is 1.27. The molecule has 0 aliphatic rings. The molecule has 128 valence electrons. The Kier molecular flexibility index (Phi) is 4.94. The number of carbonyl (C=O) groups excluding carboxylic acids is 1. The van der Waals surface area contributed by atoms with Gasteiger partial charge in [0.2, 0.25) is 11.8 Å². The second-order valence-electron chi connectivity index (χ2n) is 4.32. The highest BCUT2D eigenvalue weighted by molar-refractivity contribution is 7.92. The first-order valence-electron chi connectivity index (χ1n) is 6.17. The van der Waals surface area contributed by atoms with Gasteiger partial charge in [-0.25, -0.2) is 22.9 Å². The van der Waals surface area contributed by atoms with E-state index < -0.39 is 21.0 Å². The number of hydrogen-bond acceptors (Lipinski definition) is 9. The van der Waals surface area contributed by atoms with Crippen LogP contribution in [-0.2, 0) is 10.0 Å². The zero-order valence-electron chi connectivity index (χ0n) is 12.3. The summed E-state index contributed by atoms with van der Waals surface area (Å²) >= 11 is 0.618. The van der Waals surface area contributed by atoms with Gasteiger partial charge >= 0.3 is 6.03 Å². The van der Waals surface area contributed by atoms with E-state index in [1.54, 1.807) is 11.6 Å². The van der Waals surface area contributed by atoms with Crippen molar-refractivity contribution in [3.05, 3.63) is 33.3 Å². The summed E-state index contributed by atoms with van der Waals surface area (Å²) in [6, 6.07) is 1.26. The highest BCUT2D eigenvalue weighted by Crippen LogP contribution is 2.25. The molecule has 0 radical (unpaired) electrons. The maximum atomic E-state index is 12.0. The molecule has 0 unspecified atom stereocenters. The van der Waals surface area contributed by atoms with Gasteiger partial charge < -0.3 is 4.74 Å². The molecule has 2 aromatic heterocycles. The summed E-state index contributed by atoms with van der Waals surface area (Å²) in [5.74, 6) is 0.0336. The van der Waals surface area contributed by atoms with E-state index in [1.807, 2.05) is 0 Å². The number of amides is 2. The minimum Gasteiger partial charge on any atom is -0.481 e. The summed E-state index contributed by atoms with van der Waals surface area (Å²) in [6.45, 7) is 1.63. The molecular weight excluding hydrogens is 362 g/mol. The van der Waals surface area contributed by atoms with Gasteiger partial charge in [-0.15, -0.1) is 11.3 Å². The molecule has 0 saturated carbocycles. The minimum absolute atomic E-state index is 0.156. The van der Waals surface area contributed by atoms with Crippen molar-refractivity contribution in [1.29, 1.82) is 0 Å². The Labute approximate surface area is 139 Å². The summed E-state index contributed by atoms with van der Waals surface area (Å²) < 4.78 is 30.3. The molecule has 0 aliphatic heterocycles. The lowest BCUT2D eigenvalue weighted by Gasteiger charge is -2.07. The molecule has 0 aromatic carbocycles. The van der Waals surface area contributed by atoms with E-state index in [4.69, 9.17) is 4.74 Å². The molecule has 2 rings (SSSR count). The highest BCUT2D eigenvalue weighted by Gasteiger charge is 2.23. The molecule has 2 aromatic rings. The Morgan fingerprint density at radius 1 is 1.38 bits per heavy atom. The lowest BCUT2D eigenvalue weighted by molar-refractivity contribution is -0.384. The maximum absolute atomic E-state index is 12.0. The number of sulfonamides is 1. The molecule has 0 bridgehead atoms. The number of hydrogen-bond donors (Lipinski definition) is 2. The van der Waals surface area contributed by atoms with E-state index in [2.05, 4.69) is 15.3 Å². The van der Waals surface area contributed by atoms with Gasteiger partial charge in [0.25, 0.3) is 15.7 Å². The van der Waals surface area contributed by atoms with Gasteiger partial charge in [0, 0.05) is 17.8 Å². The van der Waals surface area contributed by atoms with Crippen LogP contribution in [0.4, 0.5) is 16.4 Å². The van der Waals surface area contributed by atoms with Crippen molar-refractivity contribution in [3.8, 4) is 5.88 Å². The summed E-state index contributed by atoms with van der Waals surface area (Å²) in [7, 11) is -2.88. The summed E-state index contributed by atoms with van der Waals surface area (Å²) in [6.07, 6.45) is 0. The van der Waals surface area contributed by atoms with Gasteiger partial charge in [0.15, 0.2) is 0 Å². The fourth-order valence-electron chi connectivity index (χ4n) is 1.54. The van der Waals surface area contributed by atoms with Gasteiger partial charge in [-0.05, 0) is 6.92 Å². The lowest BCUT2D eigenvalue weighted by Crippen LogP contribution is -2.34. The smallest absolute Gasteiger partial charge is 0.335 e. The van der Waals surface area contributed by atoms with Crippen molar-refractivity contribution in [2.45, 2.75) is 11.1 Å². The number of aromatic nitrogens is 2. The van der Waals surface area contributed by atoms with Crippen molar-refractivity contribution >= 4 is 39.0 Å². The third-order valence-electron chi connectivity index (χ3n) is 2.53. The van der Waals surface area contributed by atoms with Gasteiger partial charge in [-0.3, -0.25) is 15.4 Å². The highest BCUT2D eigenvalue weighted by atomic mass is 32.2. The Bertz CT molecular complexity index is 894. The first kappa shape index (κ1) is 17.6. The van der Waals surface area contributed by atoms with Gasteiger partial charge in [0.05, 0.1) is 17.4 Å². The largest absolute Gasteiger partial charge is 0.481 e. The fourth-order valence-corrected chi connectivity index (χ4v) is 3.57. The topological polar surface area (TPSA) is 153 Å². The van der Waals surface area contributed by atoms with Crippen LogP contribution in [0.1, 0.15) is 5.69 Å². The Hall–Kier alpha value is -2.80. The van der Waals surface area contributed by atoms with E-state index >= 15 is 0 Å². The Morgan fingerprint density at radius 3 is 2.67 bits per heavy atom. The minimum atomic E-state index is -4.25. The molecule has 2 heterocycles. The molecule has 2 N–H and O–H groups in total. The number of aryl methyl sites for hydroxylation is 1. The second kappa shape index (κ2) is 6.76. The number of rotatable bonds is 5. The van der Waals surface area contributed by atoms with E-state index in [9.17, 15) is 23.3 Å². The first-order valence-corrected chi connectivity index (χ1v) is 8.54. The van der Waals surface area contributed by atoms with Crippen molar-refractivity contribution in [3.63, 3.8) is 0 Å². The third kappa shape index (κ3) is 4.14. The van der Waals surface area contributed by atoms with Crippen LogP contribution < -0.4 is 14.8 Å². The van der Waals surface area contributed by atoms with Gasteiger partial charge in [0.1, 0.15) is 4.21 Å². The molecule has 11 nitrogen and oxygen atoms in total. The average molecular weight is 373 g/mol. The average Bonchev–Trinajstić information content (AvgIpc) is 2.96. The van der Waals surface area contributed by atoms with E-state index in [0.717, 1.165) is 11.4 Å². The number of nitrogens with one attached hydrogen (secondary N) is 2. The van der Waals surface area contributed by atoms with Crippen LogP contribution in [0.5, 0.6) is 5.88 Å².